The quantitative estimate of drug-likeness (QED) is 0.550. The van der Waals surface area contributed by atoms with E-state index >= 15 is 0 Å². The van der Waals surface area contributed by atoms with Crippen molar-refractivity contribution in [1.82, 2.24) is 10.2 Å². The molecule has 2 N–H and O–H groups in total. The van der Waals surface area contributed by atoms with Crippen LogP contribution in [-0.4, -0.2) is 42.3 Å². The highest BCUT2D eigenvalue weighted by Crippen LogP contribution is 2.23. The summed E-state index contributed by atoms with van der Waals surface area (Å²) in [6, 6.07) is 12.1. The molecule has 0 spiro atoms. The summed E-state index contributed by atoms with van der Waals surface area (Å²) in [6.07, 6.45) is 3.48. The molecule has 1 aliphatic rings. The van der Waals surface area contributed by atoms with Gasteiger partial charge in [0.2, 0.25) is 0 Å². The number of hydrogen-bond donors (Lipinski definition) is 2. The SMILES string of the molecule is CCC[NH+](CC(=O)Nc1ccc(N2CCCC2)cc1)Cc1nnc(-c2cccs2)o1. The number of rotatable bonds is 9. The van der Waals surface area contributed by atoms with E-state index < -0.39 is 0 Å². The maximum Gasteiger partial charge on any atom is 0.279 e. The number of carbonyl (C=O) groups excluding carboxylic acids is 1. The van der Waals surface area contributed by atoms with Crippen LogP contribution in [0.5, 0.6) is 0 Å². The van der Waals surface area contributed by atoms with Crippen molar-refractivity contribution in [2.24, 2.45) is 0 Å². The molecular formula is C22H28N5O2S+. The van der Waals surface area contributed by atoms with Gasteiger partial charge in [0.15, 0.2) is 13.1 Å². The molecule has 8 heteroatoms. The molecule has 30 heavy (non-hydrogen) atoms. The zero-order valence-corrected chi connectivity index (χ0v) is 18.1. The van der Waals surface area contributed by atoms with Crippen molar-refractivity contribution in [1.29, 1.82) is 0 Å². The molecule has 1 unspecified atom stereocenters. The minimum Gasteiger partial charge on any atom is -0.414 e. The molecule has 158 valence electrons. The molecule has 1 aromatic carbocycles. The summed E-state index contributed by atoms with van der Waals surface area (Å²) < 4.78 is 5.80. The first-order chi connectivity index (χ1) is 14.7. The summed E-state index contributed by atoms with van der Waals surface area (Å²) in [7, 11) is 0. The fraction of sp³-hybridized carbons (Fsp3) is 0.409. The molecule has 3 heterocycles. The van der Waals surface area contributed by atoms with Crippen LogP contribution in [0.2, 0.25) is 0 Å². The van der Waals surface area contributed by atoms with E-state index in [9.17, 15) is 4.79 Å². The number of quaternary nitrogens is 1. The topological polar surface area (TPSA) is 75.7 Å². The third-order valence-electron chi connectivity index (χ3n) is 5.24. The minimum absolute atomic E-state index is 0.00892. The van der Waals surface area contributed by atoms with E-state index in [1.54, 1.807) is 11.3 Å². The van der Waals surface area contributed by atoms with Gasteiger partial charge in [0.1, 0.15) is 0 Å². The number of nitrogens with one attached hydrogen (secondary N) is 2. The number of benzene rings is 1. The Hall–Kier alpha value is -2.71. The Bertz CT molecular complexity index is 933. The van der Waals surface area contributed by atoms with Crippen molar-refractivity contribution in [2.75, 3.05) is 36.4 Å². The Labute approximate surface area is 180 Å². The van der Waals surface area contributed by atoms with E-state index in [0.29, 0.717) is 24.9 Å². The molecule has 1 atom stereocenters. The minimum atomic E-state index is -0.00892. The van der Waals surface area contributed by atoms with Gasteiger partial charge in [-0.25, -0.2) is 0 Å². The highest BCUT2D eigenvalue weighted by atomic mass is 32.1. The molecule has 0 bridgehead atoms. The summed E-state index contributed by atoms with van der Waals surface area (Å²) in [5.74, 6) is 1.09. The lowest BCUT2D eigenvalue weighted by Gasteiger charge is -2.18. The van der Waals surface area contributed by atoms with Crippen LogP contribution in [0.25, 0.3) is 10.8 Å². The number of hydrogen-bond acceptors (Lipinski definition) is 6. The van der Waals surface area contributed by atoms with Crippen molar-refractivity contribution < 1.29 is 14.1 Å². The van der Waals surface area contributed by atoms with Gasteiger partial charge in [-0.2, -0.15) is 0 Å². The van der Waals surface area contributed by atoms with Crippen molar-refractivity contribution in [2.45, 2.75) is 32.7 Å². The Kier molecular flexibility index (Phi) is 6.76. The molecule has 7 nitrogen and oxygen atoms in total. The van der Waals surface area contributed by atoms with E-state index in [-0.39, 0.29) is 5.91 Å². The summed E-state index contributed by atoms with van der Waals surface area (Å²) in [6.45, 7) is 6.10. The summed E-state index contributed by atoms with van der Waals surface area (Å²) in [5, 5.41) is 13.3. The maximum atomic E-state index is 12.6. The Morgan fingerprint density at radius 1 is 1.20 bits per heavy atom. The van der Waals surface area contributed by atoms with Crippen molar-refractivity contribution in [3.8, 4) is 10.8 Å². The van der Waals surface area contributed by atoms with Crippen LogP contribution in [0, 0.1) is 0 Å². The maximum absolute atomic E-state index is 12.6. The first-order valence-electron chi connectivity index (χ1n) is 10.6. The highest BCUT2D eigenvalue weighted by Gasteiger charge is 2.19. The number of nitrogens with zero attached hydrogens (tertiary/aromatic N) is 3. The highest BCUT2D eigenvalue weighted by molar-refractivity contribution is 7.13. The largest absolute Gasteiger partial charge is 0.414 e. The van der Waals surface area contributed by atoms with Crippen LogP contribution in [0.15, 0.2) is 46.2 Å². The molecule has 2 aromatic heterocycles. The van der Waals surface area contributed by atoms with Gasteiger partial charge in [0.05, 0.1) is 11.4 Å². The third kappa shape index (κ3) is 5.25. The first kappa shape index (κ1) is 20.6. The lowest BCUT2D eigenvalue weighted by molar-refractivity contribution is -0.907. The van der Waals surface area contributed by atoms with E-state index in [4.69, 9.17) is 4.42 Å². The Morgan fingerprint density at radius 3 is 2.70 bits per heavy atom. The molecule has 4 rings (SSSR count). The number of aromatic nitrogens is 2. The van der Waals surface area contributed by atoms with Gasteiger partial charge in [0.25, 0.3) is 17.7 Å². The molecule has 0 aliphatic carbocycles. The molecule has 0 saturated carbocycles. The van der Waals surface area contributed by atoms with Crippen molar-refractivity contribution in [3.63, 3.8) is 0 Å². The van der Waals surface area contributed by atoms with Crippen LogP contribution >= 0.6 is 11.3 Å². The fourth-order valence-electron chi connectivity index (χ4n) is 3.79. The second-order valence-corrected chi connectivity index (χ2v) is 8.57. The van der Waals surface area contributed by atoms with Crippen LogP contribution in [-0.2, 0) is 11.3 Å². The average molecular weight is 427 g/mol. The lowest BCUT2D eigenvalue weighted by Crippen LogP contribution is -3.11. The molecule has 1 fully saturated rings. The first-order valence-corrected chi connectivity index (χ1v) is 11.4. The number of carbonyl (C=O) groups is 1. The monoisotopic (exact) mass is 426 g/mol. The van der Waals surface area contributed by atoms with Crippen LogP contribution in [0.1, 0.15) is 32.1 Å². The molecule has 1 amide bonds. The second-order valence-electron chi connectivity index (χ2n) is 7.62. The van der Waals surface area contributed by atoms with Crippen LogP contribution < -0.4 is 15.1 Å². The molecule has 3 aromatic rings. The van der Waals surface area contributed by atoms with Crippen molar-refractivity contribution in [3.05, 3.63) is 47.7 Å². The average Bonchev–Trinajstić information content (AvgIpc) is 3.51. The van der Waals surface area contributed by atoms with Crippen molar-refractivity contribution >= 4 is 28.6 Å². The van der Waals surface area contributed by atoms with E-state index in [0.717, 1.165) is 41.5 Å². The van der Waals surface area contributed by atoms with Gasteiger partial charge < -0.3 is 19.5 Å². The summed E-state index contributed by atoms with van der Waals surface area (Å²) in [5.41, 5.74) is 2.05. The predicted molar refractivity (Wildman–Crippen MR) is 119 cm³/mol. The molecule has 1 saturated heterocycles. The second kappa shape index (κ2) is 9.86. The zero-order chi connectivity index (χ0) is 20.8. The molecular weight excluding hydrogens is 398 g/mol. The molecule has 0 radical (unpaired) electrons. The number of anilines is 2. The van der Waals surface area contributed by atoms with Crippen LogP contribution in [0.3, 0.4) is 0 Å². The zero-order valence-electron chi connectivity index (χ0n) is 17.3. The Balaban J connectivity index is 1.32. The van der Waals surface area contributed by atoms with Gasteiger partial charge in [-0.1, -0.05) is 13.0 Å². The normalized spacial score (nSPS) is 14.8. The third-order valence-corrected chi connectivity index (χ3v) is 6.09. The smallest absolute Gasteiger partial charge is 0.279 e. The Morgan fingerprint density at radius 2 is 2.00 bits per heavy atom. The van der Waals surface area contributed by atoms with Gasteiger partial charge in [-0.05, 0) is 55.0 Å². The van der Waals surface area contributed by atoms with E-state index in [2.05, 4.69) is 39.5 Å². The predicted octanol–water partition coefficient (Wildman–Crippen LogP) is 2.83. The van der Waals surface area contributed by atoms with Gasteiger partial charge in [-0.15, -0.1) is 21.5 Å². The van der Waals surface area contributed by atoms with E-state index in [1.165, 1.54) is 18.5 Å². The summed E-state index contributed by atoms with van der Waals surface area (Å²) in [4.78, 5) is 17.1. The fourth-order valence-corrected chi connectivity index (χ4v) is 4.44. The van der Waals surface area contributed by atoms with Gasteiger partial charge in [-0.3, -0.25) is 4.79 Å². The number of amides is 1. The van der Waals surface area contributed by atoms with Crippen LogP contribution in [0.4, 0.5) is 11.4 Å². The summed E-state index contributed by atoms with van der Waals surface area (Å²) >= 11 is 1.57. The standard InChI is InChI=1S/C22H27N5O2S/c1-2-11-26(16-21-24-25-22(29-21)19-6-5-14-30-19)15-20(28)23-17-7-9-18(10-8-17)27-12-3-4-13-27/h5-10,14H,2-4,11-13,15-16H2,1H3,(H,23,28)/p+1. The lowest BCUT2D eigenvalue weighted by atomic mass is 10.2. The van der Waals surface area contributed by atoms with Gasteiger partial charge in [0, 0.05) is 24.5 Å². The number of thiophene rings is 1. The van der Waals surface area contributed by atoms with E-state index in [1.807, 2.05) is 29.6 Å². The molecule has 1 aliphatic heterocycles. The van der Waals surface area contributed by atoms with Gasteiger partial charge >= 0.3 is 0 Å².